The van der Waals surface area contributed by atoms with Crippen LogP contribution in [0.3, 0.4) is 0 Å². The van der Waals surface area contributed by atoms with Gasteiger partial charge >= 0.3 is 5.97 Å². The molecule has 1 fully saturated rings. The largest absolute Gasteiger partial charge is 0.507 e. The van der Waals surface area contributed by atoms with Crippen LogP contribution in [0.1, 0.15) is 62.4 Å². The van der Waals surface area contributed by atoms with Gasteiger partial charge in [0.2, 0.25) is 6.29 Å². The normalized spacial score (nSPS) is 22.0. The number of rotatable bonds is 9. The van der Waals surface area contributed by atoms with Gasteiger partial charge in [-0.15, -0.1) is 0 Å². The standard InChI is InChI=1S/C34H35N3O10/c1-16-24(47-33-32(44-14-13-37-34(35)36)31(43)28(40)17(2)45-33)15-22-26(27(16)39)29(41)21-11-12-23(46-18(3)38)20(25(21)30(22)42)10-9-19-7-5-4-6-8-19/h4-12,15,17,28,31-33,39-40,43H,13-14H2,1-3H3,(H4,35,36,37)/b10-9+/t17-,28+,31+,32+,33+/m0/s1. The molecule has 0 unspecified atom stereocenters. The molecular weight excluding hydrogens is 610 g/mol. The maximum absolute atomic E-state index is 14.2. The number of benzene rings is 3. The lowest BCUT2D eigenvalue weighted by Crippen LogP contribution is -2.59. The second-order valence-corrected chi connectivity index (χ2v) is 11.1. The number of hydrogen-bond acceptors (Lipinski definition) is 11. The van der Waals surface area contributed by atoms with E-state index in [1.165, 1.54) is 39.0 Å². The van der Waals surface area contributed by atoms with Crippen molar-refractivity contribution >= 4 is 35.6 Å². The SMILES string of the molecule is CC(=O)Oc1ccc2c(c1/C=C/c1ccccc1)C(=O)c1cc(O[C@H]3O[C@@H](C)[C@@H](O)[C@@H](O)[C@H]3OCCN=C(N)N)c(C)c(O)c1C2=O. The Labute approximate surface area is 270 Å². The van der Waals surface area contributed by atoms with Gasteiger partial charge in [-0.2, -0.15) is 0 Å². The van der Waals surface area contributed by atoms with E-state index in [1.807, 2.05) is 30.3 Å². The second-order valence-electron chi connectivity index (χ2n) is 11.1. The number of phenolic OH excluding ortho intramolecular Hbond substituents is 1. The maximum Gasteiger partial charge on any atom is 0.308 e. The van der Waals surface area contributed by atoms with Gasteiger partial charge in [0.1, 0.15) is 35.6 Å². The van der Waals surface area contributed by atoms with Crippen molar-refractivity contribution in [1.82, 2.24) is 0 Å². The van der Waals surface area contributed by atoms with E-state index in [0.717, 1.165) is 5.56 Å². The third kappa shape index (κ3) is 6.74. The number of fused-ring (bicyclic) bond motifs is 2. The van der Waals surface area contributed by atoms with E-state index in [1.54, 1.807) is 12.2 Å². The number of carbonyl (C=O) groups excluding carboxylic acids is 3. The fourth-order valence-electron chi connectivity index (χ4n) is 5.49. The first-order chi connectivity index (χ1) is 22.4. The molecule has 0 saturated carbocycles. The summed E-state index contributed by atoms with van der Waals surface area (Å²) >= 11 is 0. The molecule has 7 N–H and O–H groups in total. The minimum Gasteiger partial charge on any atom is -0.507 e. The zero-order chi connectivity index (χ0) is 34.0. The van der Waals surface area contributed by atoms with Crippen LogP contribution in [0.25, 0.3) is 12.2 Å². The summed E-state index contributed by atoms with van der Waals surface area (Å²) in [5.41, 5.74) is 11.4. The van der Waals surface area contributed by atoms with Gasteiger partial charge < -0.3 is 45.7 Å². The van der Waals surface area contributed by atoms with Crippen molar-refractivity contribution in [3.8, 4) is 17.2 Å². The van der Waals surface area contributed by atoms with Crippen LogP contribution >= 0.6 is 0 Å². The van der Waals surface area contributed by atoms with E-state index >= 15 is 0 Å². The van der Waals surface area contributed by atoms with Gasteiger partial charge in [-0.25, -0.2) is 0 Å². The van der Waals surface area contributed by atoms with Crippen molar-refractivity contribution in [2.45, 2.75) is 51.5 Å². The lowest BCUT2D eigenvalue weighted by Gasteiger charge is -2.41. The van der Waals surface area contributed by atoms with Gasteiger partial charge in [0.25, 0.3) is 0 Å². The molecule has 13 nitrogen and oxygen atoms in total. The lowest BCUT2D eigenvalue weighted by atomic mass is 9.80. The molecule has 1 aliphatic carbocycles. The summed E-state index contributed by atoms with van der Waals surface area (Å²) in [6.07, 6.45) is -2.89. The average Bonchev–Trinajstić information content (AvgIpc) is 3.03. The van der Waals surface area contributed by atoms with Crippen LogP contribution in [0.5, 0.6) is 17.2 Å². The minimum absolute atomic E-state index is 0.0188. The first kappa shape index (κ1) is 33.3. The topological polar surface area (TPSA) is 213 Å². The summed E-state index contributed by atoms with van der Waals surface area (Å²) in [4.78, 5) is 43.8. The highest BCUT2D eigenvalue weighted by atomic mass is 16.7. The number of aliphatic hydroxyl groups excluding tert-OH is 2. The third-order valence-corrected chi connectivity index (χ3v) is 7.87. The summed E-state index contributed by atoms with van der Waals surface area (Å²) < 4.78 is 23.0. The highest BCUT2D eigenvalue weighted by molar-refractivity contribution is 6.31. The number of ketones is 2. The van der Waals surface area contributed by atoms with Crippen molar-refractivity contribution in [2.75, 3.05) is 13.2 Å². The molecule has 1 aliphatic heterocycles. The summed E-state index contributed by atoms with van der Waals surface area (Å²) in [5, 5.41) is 32.5. The maximum atomic E-state index is 14.2. The first-order valence-electron chi connectivity index (χ1n) is 14.8. The van der Waals surface area contributed by atoms with E-state index < -0.39 is 54.0 Å². The van der Waals surface area contributed by atoms with Crippen LogP contribution < -0.4 is 20.9 Å². The van der Waals surface area contributed by atoms with E-state index in [9.17, 15) is 29.7 Å². The van der Waals surface area contributed by atoms with E-state index in [0.29, 0.717) is 0 Å². The number of phenols is 1. The van der Waals surface area contributed by atoms with Gasteiger partial charge in [-0.1, -0.05) is 36.4 Å². The Kier molecular flexibility index (Phi) is 9.72. The van der Waals surface area contributed by atoms with Gasteiger partial charge in [0.05, 0.1) is 24.8 Å². The quantitative estimate of drug-likeness (QED) is 0.0442. The molecule has 1 saturated heterocycles. The number of guanidine groups is 1. The van der Waals surface area contributed by atoms with Crippen LogP contribution in [0.4, 0.5) is 0 Å². The minimum atomic E-state index is -1.44. The monoisotopic (exact) mass is 645 g/mol. The fraction of sp³-hybridized carbons (Fsp3) is 0.294. The highest BCUT2D eigenvalue weighted by Crippen LogP contribution is 2.43. The molecular formula is C34H35N3O10. The Hall–Kier alpha value is -5.08. The molecule has 0 radical (unpaired) electrons. The Morgan fingerprint density at radius 2 is 1.68 bits per heavy atom. The van der Waals surface area contributed by atoms with Crippen LogP contribution in [0, 0.1) is 6.92 Å². The van der Waals surface area contributed by atoms with Gasteiger partial charge in [-0.3, -0.25) is 19.4 Å². The molecule has 5 rings (SSSR count). The first-order valence-corrected chi connectivity index (χ1v) is 14.8. The number of ether oxygens (including phenoxy) is 4. The summed E-state index contributed by atoms with van der Waals surface area (Å²) in [6, 6.07) is 13.3. The number of nitrogens with zero attached hydrogens (tertiary/aromatic N) is 1. The summed E-state index contributed by atoms with van der Waals surface area (Å²) in [6.45, 7) is 4.23. The molecule has 3 aromatic carbocycles. The predicted molar refractivity (Wildman–Crippen MR) is 170 cm³/mol. The molecule has 0 spiro atoms. The van der Waals surface area contributed by atoms with Crippen LogP contribution in [0.15, 0.2) is 53.5 Å². The molecule has 0 amide bonds. The molecule has 2 aliphatic rings. The highest BCUT2D eigenvalue weighted by Gasteiger charge is 2.45. The Bertz CT molecular complexity index is 1770. The van der Waals surface area contributed by atoms with Crippen molar-refractivity contribution in [2.24, 2.45) is 16.5 Å². The molecule has 246 valence electrons. The summed E-state index contributed by atoms with van der Waals surface area (Å²) in [5.74, 6) is -2.48. The Balaban J connectivity index is 1.56. The van der Waals surface area contributed by atoms with Crippen LogP contribution in [0.2, 0.25) is 0 Å². The van der Waals surface area contributed by atoms with Crippen LogP contribution in [-0.2, 0) is 14.3 Å². The van der Waals surface area contributed by atoms with Crippen molar-refractivity contribution in [3.05, 3.63) is 87.5 Å². The lowest BCUT2D eigenvalue weighted by molar-refractivity contribution is -0.278. The number of hydrogen-bond donors (Lipinski definition) is 5. The molecule has 0 aromatic heterocycles. The molecule has 13 heteroatoms. The number of nitrogens with two attached hydrogens (primary N) is 2. The fourth-order valence-corrected chi connectivity index (χ4v) is 5.49. The Morgan fingerprint density at radius 3 is 2.36 bits per heavy atom. The molecule has 5 atom stereocenters. The zero-order valence-electron chi connectivity index (χ0n) is 25.9. The van der Waals surface area contributed by atoms with Crippen molar-refractivity contribution in [1.29, 1.82) is 0 Å². The van der Waals surface area contributed by atoms with E-state index in [-0.39, 0.29) is 64.0 Å². The summed E-state index contributed by atoms with van der Waals surface area (Å²) in [7, 11) is 0. The van der Waals surface area contributed by atoms with Crippen molar-refractivity contribution < 1.29 is 48.7 Å². The number of aliphatic hydroxyl groups is 2. The number of aromatic hydroxyl groups is 1. The Morgan fingerprint density at radius 1 is 0.979 bits per heavy atom. The van der Waals surface area contributed by atoms with E-state index in [2.05, 4.69) is 4.99 Å². The molecule has 47 heavy (non-hydrogen) atoms. The number of esters is 1. The zero-order valence-corrected chi connectivity index (χ0v) is 25.9. The third-order valence-electron chi connectivity index (χ3n) is 7.87. The van der Waals surface area contributed by atoms with E-state index in [4.69, 9.17) is 30.4 Å². The number of aliphatic imine (C=N–C) groups is 1. The molecule has 0 bridgehead atoms. The average molecular weight is 646 g/mol. The smallest absolute Gasteiger partial charge is 0.308 e. The van der Waals surface area contributed by atoms with Gasteiger partial charge in [0.15, 0.2) is 17.5 Å². The van der Waals surface area contributed by atoms with Gasteiger partial charge in [-0.05, 0) is 43.7 Å². The molecule has 1 heterocycles. The van der Waals surface area contributed by atoms with Gasteiger partial charge in [0, 0.05) is 34.7 Å². The number of carbonyl (C=O) groups is 3. The predicted octanol–water partition coefficient (Wildman–Crippen LogP) is 2.08. The second kappa shape index (κ2) is 13.7. The van der Waals surface area contributed by atoms with Crippen LogP contribution in [-0.4, -0.2) is 82.7 Å². The molecule has 3 aromatic rings. The van der Waals surface area contributed by atoms with Crippen molar-refractivity contribution in [3.63, 3.8) is 0 Å².